The van der Waals surface area contributed by atoms with Crippen molar-refractivity contribution in [3.8, 4) is 0 Å². The Morgan fingerprint density at radius 3 is 3.10 bits per heavy atom. The minimum atomic E-state index is -0.361. The van der Waals surface area contributed by atoms with Gasteiger partial charge in [0.25, 0.3) is 11.5 Å². The lowest BCUT2D eigenvalue weighted by molar-refractivity contribution is 0.102. The molecule has 2 aromatic rings. The number of rotatable bonds is 2. The molecule has 1 aliphatic carbocycles. The van der Waals surface area contributed by atoms with Gasteiger partial charge >= 0.3 is 0 Å². The third-order valence-corrected chi connectivity index (χ3v) is 4.35. The lowest BCUT2D eigenvalue weighted by Gasteiger charge is -2.15. The zero-order chi connectivity index (χ0) is 14.1. The Labute approximate surface area is 119 Å². The number of aryl methyl sites for hydroxylation is 1. The molecule has 3 rings (SSSR count). The van der Waals surface area contributed by atoms with Gasteiger partial charge in [0.15, 0.2) is 5.13 Å². The van der Waals surface area contributed by atoms with Crippen LogP contribution in [0.15, 0.2) is 16.9 Å². The molecule has 2 aromatic heterocycles. The molecule has 1 atom stereocenters. The average Bonchev–Trinajstić information content (AvgIpc) is 2.80. The van der Waals surface area contributed by atoms with Crippen molar-refractivity contribution in [1.82, 2.24) is 15.2 Å². The van der Waals surface area contributed by atoms with E-state index in [4.69, 9.17) is 0 Å². The lowest BCUT2D eigenvalue weighted by atomic mass is 9.93. The van der Waals surface area contributed by atoms with E-state index in [0.717, 1.165) is 25.0 Å². The molecule has 0 spiro atoms. The maximum absolute atomic E-state index is 12.0. The van der Waals surface area contributed by atoms with E-state index < -0.39 is 0 Å². The van der Waals surface area contributed by atoms with Crippen LogP contribution in [0.2, 0.25) is 0 Å². The molecule has 1 amide bonds. The smallest absolute Gasteiger partial charge is 0.277 e. The van der Waals surface area contributed by atoms with E-state index in [9.17, 15) is 9.59 Å². The van der Waals surface area contributed by atoms with E-state index in [1.165, 1.54) is 28.3 Å². The molecule has 2 N–H and O–H groups in total. The molecule has 0 unspecified atom stereocenters. The number of anilines is 1. The highest BCUT2D eigenvalue weighted by molar-refractivity contribution is 7.15. The first kappa shape index (κ1) is 13.0. The largest absolute Gasteiger partial charge is 0.296 e. The average molecular weight is 290 g/mol. The molecule has 0 radical (unpaired) electrons. The second kappa shape index (κ2) is 5.16. The summed E-state index contributed by atoms with van der Waals surface area (Å²) in [6.45, 7) is 2.23. The Morgan fingerprint density at radius 2 is 2.35 bits per heavy atom. The first-order valence-electron chi connectivity index (χ1n) is 6.47. The van der Waals surface area contributed by atoms with Crippen LogP contribution in [0.5, 0.6) is 0 Å². The summed E-state index contributed by atoms with van der Waals surface area (Å²) < 4.78 is 0. The van der Waals surface area contributed by atoms with Crippen molar-refractivity contribution < 1.29 is 4.79 Å². The summed E-state index contributed by atoms with van der Waals surface area (Å²) in [5, 5.41) is 9.27. The summed E-state index contributed by atoms with van der Waals surface area (Å²) in [5.41, 5.74) is 0.934. The highest BCUT2D eigenvalue weighted by Gasteiger charge is 2.20. The van der Waals surface area contributed by atoms with Crippen molar-refractivity contribution in [3.63, 3.8) is 0 Å². The highest BCUT2D eigenvalue weighted by atomic mass is 32.1. The predicted molar refractivity (Wildman–Crippen MR) is 76.1 cm³/mol. The number of amides is 1. The Hall–Kier alpha value is -2.02. The summed E-state index contributed by atoms with van der Waals surface area (Å²) in [4.78, 5) is 28.6. The summed E-state index contributed by atoms with van der Waals surface area (Å²) in [7, 11) is 0. The molecule has 7 heteroatoms. The van der Waals surface area contributed by atoms with E-state index in [1.807, 2.05) is 0 Å². The second-order valence-electron chi connectivity index (χ2n) is 5.00. The number of aromatic amines is 1. The van der Waals surface area contributed by atoms with Gasteiger partial charge < -0.3 is 0 Å². The van der Waals surface area contributed by atoms with Crippen LogP contribution in [0.1, 0.15) is 34.4 Å². The number of hydrogen-bond donors (Lipinski definition) is 2. The Balaban J connectivity index is 1.76. The van der Waals surface area contributed by atoms with Gasteiger partial charge in [-0.05, 0) is 31.2 Å². The van der Waals surface area contributed by atoms with Crippen molar-refractivity contribution in [3.05, 3.63) is 38.8 Å². The number of fused-ring (bicyclic) bond motifs is 1. The number of hydrogen-bond acceptors (Lipinski definition) is 5. The number of H-pyrrole nitrogens is 1. The summed E-state index contributed by atoms with van der Waals surface area (Å²) in [6.07, 6.45) is 3.14. The first-order valence-corrected chi connectivity index (χ1v) is 7.29. The van der Waals surface area contributed by atoms with Crippen molar-refractivity contribution >= 4 is 22.4 Å². The maximum Gasteiger partial charge on any atom is 0.277 e. The Kier molecular flexibility index (Phi) is 3.35. The van der Waals surface area contributed by atoms with Gasteiger partial charge in [-0.15, -0.1) is 11.3 Å². The fourth-order valence-corrected chi connectivity index (χ4v) is 3.39. The minimum absolute atomic E-state index is 0.172. The molecular weight excluding hydrogens is 276 g/mol. The lowest BCUT2D eigenvalue weighted by Crippen LogP contribution is -2.17. The van der Waals surface area contributed by atoms with Gasteiger partial charge in [0.05, 0.1) is 5.69 Å². The summed E-state index contributed by atoms with van der Waals surface area (Å²) in [5.74, 6) is 0.313. The minimum Gasteiger partial charge on any atom is -0.296 e. The zero-order valence-corrected chi connectivity index (χ0v) is 11.8. The quantitative estimate of drug-likeness (QED) is 0.879. The molecule has 0 saturated heterocycles. The van der Waals surface area contributed by atoms with Crippen LogP contribution in [0.25, 0.3) is 0 Å². The number of nitrogens with zero attached hydrogens (tertiary/aromatic N) is 2. The normalized spacial score (nSPS) is 17.6. The molecule has 6 nitrogen and oxygen atoms in total. The monoisotopic (exact) mass is 290 g/mol. The topological polar surface area (TPSA) is 87.7 Å². The van der Waals surface area contributed by atoms with Crippen molar-refractivity contribution in [2.45, 2.75) is 26.2 Å². The van der Waals surface area contributed by atoms with Crippen LogP contribution in [-0.4, -0.2) is 21.1 Å². The Bertz CT molecular complexity index is 686. The third kappa shape index (κ3) is 2.62. The Morgan fingerprint density at radius 1 is 1.50 bits per heavy atom. The second-order valence-corrected chi connectivity index (χ2v) is 6.08. The van der Waals surface area contributed by atoms with E-state index in [1.54, 1.807) is 0 Å². The number of carbonyl (C=O) groups is 1. The maximum atomic E-state index is 12.0. The van der Waals surface area contributed by atoms with E-state index >= 15 is 0 Å². The number of nitrogens with one attached hydrogen (secondary N) is 2. The molecular formula is C13H14N4O2S. The van der Waals surface area contributed by atoms with E-state index in [2.05, 4.69) is 27.4 Å². The number of carbonyl (C=O) groups excluding carboxylic acids is 1. The number of thiazole rings is 1. The highest BCUT2D eigenvalue weighted by Crippen LogP contribution is 2.32. The molecule has 0 aromatic carbocycles. The number of aromatic nitrogens is 3. The fourth-order valence-electron chi connectivity index (χ4n) is 2.23. The van der Waals surface area contributed by atoms with Gasteiger partial charge in [-0.25, -0.2) is 10.1 Å². The molecule has 2 heterocycles. The molecule has 104 valence electrons. The van der Waals surface area contributed by atoms with Crippen molar-refractivity contribution in [1.29, 1.82) is 0 Å². The van der Waals surface area contributed by atoms with Crippen LogP contribution in [0, 0.1) is 5.92 Å². The van der Waals surface area contributed by atoms with Gasteiger partial charge in [-0.3, -0.25) is 14.9 Å². The SMILES string of the molecule is C[C@H]1CCc2nc(NC(=O)c3ccc(=O)[nH]n3)sc2C1. The van der Waals surface area contributed by atoms with Crippen molar-refractivity contribution in [2.75, 3.05) is 5.32 Å². The summed E-state index contributed by atoms with van der Waals surface area (Å²) >= 11 is 1.52. The third-order valence-electron chi connectivity index (χ3n) is 3.32. The van der Waals surface area contributed by atoms with Gasteiger partial charge in [-0.1, -0.05) is 6.92 Å². The zero-order valence-electron chi connectivity index (χ0n) is 11.0. The molecule has 20 heavy (non-hydrogen) atoms. The summed E-state index contributed by atoms with van der Waals surface area (Å²) in [6, 6.07) is 2.67. The molecule has 1 aliphatic rings. The van der Waals surface area contributed by atoms with Crippen LogP contribution in [-0.2, 0) is 12.8 Å². The van der Waals surface area contributed by atoms with Gasteiger partial charge in [0.2, 0.25) is 0 Å². The van der Waals surface area contributed by atoms with E-state index in [-0.39, 0.29) is 17.2 Å². The van der Waals surface area contributed by atoms with Crippen LogP contribution < -0.4 is 10.9 Å². The van der Waals surface area contributed by atoms with Gasteiger partial charge in [-0.2, -0.15) is 5.10 Å². The predicted octanol–water partition coefficient (Wildman–Crippen LogP) is 1.60. The standard InChI is InChI=1S/C13H14N4O2S/c1-7-2-3-8-10(6-7)20-13(14-8)15-12(19)9-4-5-11(18)17-16-9/h4-5,7H,2-3,6H2,1H3,(H,17,18)(H,14,15,19)/t7-/m0/s1. The fraction of sp³-hybridized carbons (Fsp3) is 0.385. The first-order chi connectivity index (χ1) is 9.61. The van der Waals surface area contributed by atoms with Crippen LogP contribution >= 0.6 is 11.3 Å². The molecule has 0 aliphatic heterocycles. The van der Waals surface area contributed by atoms with Gasteiger partial charge in [0, 0.05) is 10.9 Å². The van der Waals surface area contributed by atoms with Crippen LogP contribution in [0.4, 0.5) is 5.13 Å². The van der Waals surface area contributed by atoms with Crippen molar-refractivity contribution in [2.24, 2.45) is 5.92 Å². The molecule has 0 saturated carbocycles. The molecule has 0 bridgehead atoms. The van der Waals surface area contributed by atoms with Gasteiger partial charge in [0.1, 0.15) is 5.69 Å². The van der Waals surface area contributed by atoms with Crippen LogP contribution in [0.3, 0.4) is 0 Å². The van der Waals surface area contributed by atoms with E-state index in [0.29, 0.717) is 11.0 Å². The molecule has 0 fully saturated rings.